The van der Waals surface area contributed by atoms with Crippen LogP contribution in [0, 0.1) is 6.92 Å². The highest BCUT2D eigenvalue weighted by atomic mass is 32.1. The lowest BCUT2D eigenvalue weighted by molar-refractivity contribution is -0.121. The van der Waals surface area contributed by atoms with E-state index in [1.807, 2.05) is 6.92 Å². The minimum Gasteiger partial charge on any atom is -0.297 e. The highest BCUT2D eigenvalue weighted by Crippen LogP contribution is 2.22. The van der Waals surface area contributed by atoms with Gasteiger partial charge in [-0.1, -0.05) is 11.3 Å². The number of hydrogen-bond acceptors (Lipinski definition) is 5. The van der Waals surface area contributed by atoms with Crippen molar-refractivity contribution in [1.82, 2.24) is 10.2 Å². The van der Waals surface area contributed by atoms with Crippen molar-refractivity contribution in [3.63, 3.8) is 0 Å². The number of ketones is 1. The molecule has 0 saturated carbocycles. The number of hydrogen-bond donors (Lipinski definition) is 0. The normalized spacial score (nSPS) is 17.2. The van der Waals surface area contributed by atoms with Crippen molar-refractivity contribution in [3.05, 3.63) is 5.01 Å². The number of anilines is 1. The van der Waals surface area contributed by atoms with Crippen LogP contribution in [0.1, 0.15) is 11.4 Å². The molecule has 1 aromatic rings. The molecule has 1 fully saturated rings. The lowest BCUT2D eigenvalue weighted by Crippen LogP contribution is -2.24. The van der Waals surface area contributed by atoms with Crippen LogP contribution in [-0.2, 0) is 9.59 Å². The van der Waals surface area contributed by atoms with Gasteiger partial charge >= 0.3 is 0 Å². The fourth-order valence-electron chi connectivity index (χ4n) is 1.15. The summed E-state index contributed by atoms with van der Waals surface area (Å²) < 4.78 is 0. The van der Waals surface area contributed by atoms with E-state index in [2.05, 4.69) is 10.2 Å². The largest absolute Gasteiger partial charge is 0.297 e. The van der Waals surface area contributed by atoms with Crippen molar-refractivity contribution >= 4 is 28.2 Å². The molecule has 1 saturated heterocycles. The first-order valence-electron chi connectivity index (χ1n) is 3.79. The number of aryl methyl sites for hydroxylation is 1. The van der Waals surface area contributed by atoms with Gasteiger partial charge in [-0.3, -0.25) is 14.5 Å². The van der Waals surface area contributed by atoms with Gasteiger partial charge in [-0.05, 0) is 6.92 Å². The van der Waals surface area contributed by atoms with Crippen LogP contribution in [0.3, 0.4) is 0 Å². The molecule has 0 N–H and O–H groups in total. The molecule has 1 aromatic heterocycles. The van der Waals surface area contributed by atoms with Crippen LogP contribution < -0.4 is 4.90 Å². The van der Waals surface area contributed by atoms with Crippen LogP contribution in [0.2, 0.25) is 0 Å². The van der Waals surface area contributed by atoms with Gasteiger partial charge < -0.3 is 0 Å². The standard InChI is InChI=1S/C7H7N3O2S/c1-4-8-9-7(13-4)10-3-5(11)2-6(10)12/h2-3H2,1H3. The molecular formula is C7H7N3O2S. The molecule has 1 amide bonds. The van der Waals surface area contributed by atoms with Crippen molar-refractivity contribution in [2.24, 2.45) is 0 Å². The van der Waals surface area contributed by atoms with Gasteiger partial charge in [0.2, 0.25) is 11.0 Å². The molecule has 0 aromatic carbocycles. The summed E-state index contributed by atoms with van der Waals surface area (Å²) in [4.78, 5) is 23.6. The zero-order valence-electron chi connectivity index (χ0n) is 6.98. The van der Waals surface area contributed by atoms with E-state index in [4.69, 9.17) is 0 Å². The van der Waals surface area contributed by atoms with Gasteiger partial charge in [0.05, 0.1) is 13.0 Å². The smallest absolute Gasteiger partial charge is 0.236 e. The topological polar surface area (TPSA) is 63.2 Å². The van der Waals surface area contributed by atoms with E-state index in [9.17, 15) is 9.59 Å². The van der Waals surface area contributed by atoms with Gasteiger partial charge in [0.15, 0.2) is 5.78 Å². The van der Waals surface area contributed by atoms with Crippen LogP contribution in [0.4, 0.5) is 5.13 Å². The van der Waals surface area contributed by atoms with E-state index >= 15 is 0 Å². The molecule has 68 valence electrons. The van der Waals surface area contributed by atoms with Crippen LogP contribution in [0.5, 0.6) is 0 Å². The van der Waals surface area contributed by atoms with Gasteiger partial charge in [-0.25, -0.2) is 0 Å². The average Bonchev–Trinajstić information content (AvgIpc) is 2.58. The minimum atomic E-state index is -0.179. The minimum absolute atomic E-state index is 0.00136. The Morgan fingerprint density at radius 1 is 1.38 bits per heavy atom. The first kappa shape index (κ1) is 8.31. The predicted octanol–water partition coefficient (Wildman–Crippen LogP) is 0.152. The molecule has 13 heavy (non-hydrogen) atoms. The lowest BCUT2D eigenvalue weighted by atomic mass is 10.3. The molecule has 2 rings (SSSR count). The van der Waals surface area contributed by atoms with E-state index < -0.39 is 0 Å². The SMILES string of the molecule is Cc1nnc(N2CC(=O)CC2=O)s1. The third kappa shape index (κ3) is 1.44. The second-order valence-corrected chi connectivity index (χ2v) is 3.96. The molecule has 5 nitrogen and oxygen atoms in total. The van der Waals surface area contributed by atoms with Crippen molar-refractivity contribution in [3.8, 4) is 0 Å². The fourth-order valence-corrected chi connectivity index (χ4v) is 1.86. The predicted molar refractivity (Wildman–Crippen MR) is 46.6 cm³/mol. The third-order valence-corrected chi connectivity index (χ3v) is 2.59. The summed E-state index contributed by atoms with van der Waals surface area (Å²) >= 11 is 1.32. The van der Waals surface area contributed by atoms with Crippen LogP contribution in [0.15, 0.2) is 0 Å². The van der Waals surface area contributed by atoms with Gasteiger partial charge in [0.25, 0.3) is 0 Å². The molecule has 0 bridgehead atoms. The molecule has 6 heteroatoms. The number of nitrogens with zero attached hydrogens (tertiary/aromatic N) is 3. The van der Waals surface area contributed by atoms with E-state index in [-0.39, 0.29) is 24.7 Å². The molecular weight excluding hydrogens is 190 g/mol. The number of carbonyl (C=O) groups excluding carboxylic acids is 2. The number of amides is 1. The van der Waals surface area contributed by atoms with Gasteiger partial charge in [0, 0.05) is 0 Å². The molecule has 0 atom stereocenters. The third-order valence-electron chi connectivity index (χ3n) is 1.73. The van der Waals surface area contributed by atoms with Crippen molar-refractivity contribution in [1.29, 1.82) is 0 Å². The molecule has 1 aliphatic heterocycles. The maximum Gasteiger partial charge on any atom is 0.236 e. The van der Waals surface area contributed by atoms with E-state index in [1.54, 1.807) is 0 Å². The number of carbonyl (C=O) groups is 2. The quantitative estimate of drug-likeness (QED) is 0.601. The fraction of sp³-hybridized carbons (Fsp3) is 0.429. The summed E-state index contributed by atoms with van der Waals surface area (Å²) in [6.45, 7) is 1.96. The number of rotatable bonds is 1. The summed E-state index contributed by atoms with van der Waals surface area (Å²) in [5.74, 6) is -0.237. The second kappa shape index (κ2) is 2.88. The van der Waals surface area contributed by atoms with Crippen LogP contribution >= 0.6 is 11.3 Å². The highest BCUT2D eigenvalue weighted by molar-refractivity contribution is 7.15. The molecule has 1 aliphatic rings. The van der Waals surface area contributed by atoms with Gasteiger partial charge in [-0.15, -0.1) is 10.2 Å². The Balaban J connectivity index is 2.27. The van der Waals surface area contributed by atoms with E-state index in [0.717, 1.165) is 5.01 Å². The first-order chi connectivity index (χ1) is 6.16. The summed E-state index contributed by atoms with van der Waals surface area (Å²) in [5, 5.41) is 8.90. The van der Waals surface area contributed by atoms with Crippen molar-refractivity contribution in [2.75, 3.05) is 11.4 Å². The first-order valence-corrected chi connectivity index (χ1v) is 4.60. The van der Waals surface area contributed by atoms with Crippen molar-refractivity contribution < 1.29 is 9.59 Å². The van der Waals surface area contributed by atoms with Gasteiger partial charge in [0.1, 0.15) is 5.01 Å². The molecule has 0 radical (unpaired) electrons. The lowest BCUT2D eigenvalue weighted by Gasteiger charge is -2.07. The Morgan fingerprint density at radius 2 is 2.15 bits per heavy atom. The van der Waals surface area contributed by atoms with E-state index in [1.165, 1.54) is 16.2 Å². The average molecular weight is 197 g/mol. The Labute approximate surface area is 78.4 Å². The Bertz CT molecular complexity index is 374. The van der Waals surface area contributed by atoms with Crippen LogP contribution in [0.25, 0.3) is 0 Å². The van der Waals surface area contributed by atoms with Crippen LogP contribution in [-0.4, -0.2) is 28.4 Å². The zero-order valence-corrected chi connectivity index (χ0v) is 7.80. The monoisotopic (exact) mass is 197 g/mol. The molecule has 0 spiro atoms. The summed E-state index contributed by atoms with van der Waals surface area (Å²) in [5.41, 5.74) is 0. The summed E-state index contributed by atoms with van der Waals surface area (Å²) in [6.07, 6.45) is -0.00136. The molecule has 2 heterocycles. The maximum absolute atomic E-state index is 11.2. The Kier molecular flexibility index (Phi) is 1.84. The second-order valence-electron chi connectivity index (χ2n) is 2.80. The van der Waals surface area contributed by atoms with E-state index in [0.29, 0.717) is 5.13 Å². The molecule has 0 unspecified atom stereocenters. The zero-order chi connectivity index (χ0) is 9.42. The summed E-state index contributed by atoms with van der Waals surface area (Å²) in [7, 11) is 0. The summed E-state index contributed by atoms with van der Waals surface area (Å²) in [6, 6.07) is 0. The number of Topliss-reactive ketones (excluding diaryl/α,β-unsaturated/α-hetero) is 1. The van der Waals surface area contributed by atoms with Gasteiger partial charge in [-0.2, -0.15) is 0 Å². The Hall–Kier alpha value is -1.30. The maximum atomic E-state index is 11.2. The molecule has 0 aliphatic carbocycles. The Morgan fingerprint density at radius 3 is 2.62 bits per heavy atom. The highest BCUT2D eigenvalue weighted by Gasteiger charge is 2.30. The van der Waals surface area contributed by atoms with Crippen molar-refractivity contribution in [2.45, 2.75) is 13.3 Å². The number of aromatic nitrogens is 2.